The van der Waals surface area contributed by atoms with Crippen molar-refractivity contribution in [3.05, 3.63) is 42.0 Å². The maximum Gasteiger partial charge on any atom is 0.138 e. The zero-order valence-electron chi connectivity index (χ0n) is 12.5. The van der Waals surface area contributed by atoms with Gasteiger partial charge >= 0.3 is 0 Å². The van der Waals surface area contributed by atoms with E-state index < -0.39 is 0 Å². The molecular weight excluding hydrogens is 250 g/mol. The number of nitrogens with zero attached hydrogens (tertiary/aromatic N) is 4. The normalized spacial score (nSPS) is 12.4. The third kappa shape index (κ3) is 3.36. The highest BCUT2D eigenvalue weighted by Gasteiger charge is 2.12. The maximum absolute atomic E-state index is 6.28. The maximum atomic E-state index is 6.28. The van der Waals surface area contributed by atoms with E-state index >= 15 is 0 Å². The molecule has 0 fully saturated rings. The van der Waals surface area contributed by atoms with Crippen LogP contribution < -0.4 is 10.6 Å². The van der Waals surface area contributed by atoms with Crippen LogP contribution >= 0.6 is 0 Å². The van der Waals surface area contributed by atoms with Gasteiger partial charge in [-0.3, -0.25) is 4.68 Å². The molecule has 1 aromatic heterocycles. The number of benzene rings is 1. The summed E-state index contributed by atoms with van der Waals surface area (Å²) in [5, 5.41) is 4.23. The van der Waals surface area contributed by atoms with E-state index in [-0.39, 0.29) is 6.04 Å². The minimum absolute atomic E-state index is 0.0500. The molecule has 2 N–H and O–H groups in total. The number of nitrogens with two attached hydrogens (primary N) is 1. The van der Waals surface area contributed by atoms with Crippen LogP contribution in [0.25, 0.3) is 0 Å². The average molecular weight is 273 g/mol. The van der Waals surface area contributed by atoms with Crippen LogP contribution in [0.5, 0.6) is 0 Å². The van der Waals surface area contributed by atoms with Gasteiger partial charge in [-0.25, -0.2) is 4.98 Å². The molecule has 0 bridgehead atoms. The summed E-state index contributed by atoms with van der Waals surface area (Å²) < 4.78 is 1.94. The molecule has 0 radical (unpaired) electrons. The number of anilines is 1. The standard InChI is InChI=1S/C15H23N5/c1-4-9-20-15(17-11-18-20)10-14(16)12-5-7-13(8-6-12)19(2)3/h5-8,11,14H,4,9-10,16H2,1-3H3. The van der Waals surface area contributed by atoms with E-state index in [4.69, 9.17) is 5.73 Å². The van der Waals surface area contributed by atoms with Gasteiger partial charge in [0.05, 0.1) is 0 Å². The Morgan fingerprint density at radius 1 is 1.25 bits per heavy atom. The van der Waals surface area contributed by atoms with Gasteiger partial charge < -0.3 is 10.6 Å². The van der Waals surface area contributed by atoms with E-state index in [1.807, 2.05) is 18.8 Å². The van der Waals surface area contributed by atoms with Crippen molar-refractivity contribution in [1.82, 2.24) is 14.8 Å². The molecule has 2 rings (SSSR count). The number of rotatable bonds is 6. The van der Waals surface area contributed by atoms with Crippen LogP contribution in [0, 0.1) is 0 Å². The van der Waals surface area contributed by atoms with Crippen LogP contribution in [0.4, 0.5) is 5.69 Å². The molecule has 0 saturated carbocycles. The van der Waals surface area contributed by atoms with Crippen LogP contribution in [0.2, 0.25) is 0 Å². The summed E-state index contributed by atoms with van der Waals surface area (Å²) in [5.41, 5.74) is 8.59. The Morgan fingerprint density at radius 3 is 2.55 bits per heavy atom. The molecule has 1 atom stereocenters. The number of aryl methyl sites for hydroxylation is 1. The molecule has 5 heteroatoms. The van der Waals surface area contributed by atoms with Gasteiger partial charge in [-0.05, 0) is 24.1 Å². The van der Waals surface area contributed by atoms with E-state index in [1.165, 1.54) is 5.69 Å². The summed E-state index contributed by atoms with van der Waals surface area (Å²) in [6, 6.07) is 8.30. The SMILES string of the molecule is CCCn1ncnc1CC(N)c1ccc(N(C)C)cc1. The van der Waals surface area contributed by atoms with Gasteiger partial charge in [-0.2, -0.15) is 5.10 Å². The van der Waals surface area contributed by atoms with Gasteiger partial charge in [0.15, 0.2) is 0 Å². The van der Waals surface area contributed by atoms with Crippen LogP contribution in [-0.4, -0.2) is 28.9 Å². The molecule has 0 amide bonds. The lowest BCUT2D eigenvalue weighted by atomic mass is 10.0. The van der Waals surface area contributed by atoms with E-state index in [1.54, 1.807) is 6.33 Å². The van der Waals surface area contributed by atoms with Crippen molar-refractivity contribution < 1.29 is 0 Å². The second-order valence-electron chi connectivity index (χ2n) is 5.20. The van der Waals surface area contributed by atoms with Crippen molar-refractivity contribution >= 4 is 5.69 Å². The molecule has 1 aromatic carbocycles. The Kier molecular flexibility index (Phi) is 4.74. The summed E-state index contributed by atoms with van der Waals surface area (Å²) in [6.45, 7) is 3.02. The first-order valence-corrected chi connectivity index (χ1v) is 7.01. The van der Waals surface area contributed by atoms with Crippen molar-refractivity contribution in [3.8, 4) is 0 Å². The summed E-state index contributed by atoms with van der Waals surface area (Å²) in [6.07, 6.45) is 3.36. The lowest BCUT2D eigenvalue weighted by molar-refractivity contribution is 0.548. The summed E-state index contributed by atoms with van der Waals surface area (Å²) in [5.74, 6) is 0.955. The first-order valence-electron chi connectivity index (χ1n) is 7.01. The smallest absolute Gasteiger partial charge is 0.138 e. The van der Waals surface area contributed by atoms with Crippen molar-refractivity contribution in [2.45, 2.75) is 32.4 Å². The van der Waals surface area contributed by atoms with Crippen molar-refractivity contribution in [2.75, 3.05) is 19.0 Å². The molecule has 1 unspecified atom stereocenters. The monoisotopic (exact) mass is 273 g/mol. The summed E-state index contributed by atoms with van der Waals surface area (Å²) in [4.78, 5) is 6.39. The van der Waals surface area contributed by atoms with Gasteiger partial charge in [0.2, 0.25) is 0 Å². The molecule has 20 heavy (non-hydrogen) atoms. The first kappa shape index (κ1) is 14.5. The molecular formula is C15H23N5. The minimum Gasteiger partial charge on any atom is -0.378 e. The molecule has 108 valence electrons. The van der Waals surface area contributed by atoms with Gasteiger partial charge in [-0.1, -0.05) is 19.1 Å². The van der Waals surface area contributed by atoms with Gasteiger partial charge in [0.1, 0.15) is 12.2 Å². The predicted molar refractivity (Wildman–Crippen MR) is 81.7 cm³/mol. The molecule has 0 aliphatic heterocycles. The van der Waals surface area contributed by atoms with Crippen molar-refractivity contribution in [1.29, 1.82) is 0 Å². The third-order valence-electron chi connectivity index (χ3n) is 3.37. The highest BCUT2D eigenvalue weighted by atomic mass is 15.3. The lowest BCUT2D eigenvalue weighted by Crippen LogP contribution is -2.17. The Bertz CT molecular complexity index is 529. The Hall–Kier alpha value is -1.88. The van der Waals surface area contributed by atoms with Crippen molar-refractivity contribution in [3.63, 3.8) is 0 Å². The zero-order valence-corrected chi connectivity index (χ0v) is 12.5. The molecule has 2 aromatic rings. The fourth-order valence-electron chi connectivity index (χ4n) is 2.18. The van der Waals surface area contributed by atoms with Gasteiger partial charge in [0.25, 0.3) is 0 Å². The highest BCUT2D eigenvalue weighted by molar-refractivity contribution is 5.46. The molecule has 0 aliphatic rings. The highest BCUT2D eigenvalue weighted by Crippen LogP contribution is 2.19. The fraction of sp³-hybridized carbons (Fsp3) is 0.467. The fourth-order valence-corrected chi connectivity index (χ4v) is 2.18. The quantitative estimate of drug-likeness (QED) is 0.874. The second-order valence-corrected chi connectivity index (χ2v) is 5.20. The molecule has 0 saturated heterocycles. The number of hydrogen-bond donors (Lipinski definition) is 1. The zero-order chi connectivity index (χ0) is 14.5. The predicted octanol–water partition coefficient (Wildman–Crippen LogP) is 2.00. The van der Waals surface area contributed by atoms with Crippen LogP contribution in [0.1, 0.15) is 30.8 Å². The molecule has 1 heterocycles. The molecule has 5 nitrogen and oxygen atoms in total. The number of hydrogen-bond acceptors (Lipinski definition) is 4. The lowest BCUT2D eigenvalue weighted by Gasteiger charge is -2.16. The average Bonchev–Trinajstić information content (AvgIpc) is 2.86. The second kappa shape index (κ2) is 6.52. The molecule has 0 spiro atoms. The topological polar surface area (TPSA) is 60.0 Å². The number of aromatic nitrogens is 3. The van der Waals surface area contributed by atoms with Crippen LogP contribution in [0.3, 0.4) is 0 Å². The first-order chi connectivity index (χ1) is 9.61. The molecule has 0 aliphatic carbocycles. The van der Waals surface area contributed by atoms with E-state index in [2.05, 4.69) is 46.2 Å². The Morgan fingerprint density at radius 2 is 1.95 bits per heavy atom. The minimum atomic E-state index is -0.0500. The van der Waals surface area contributed by atoms with Crippen LogP contribution in [-0.2, 0) is 13.0 Å². The van der Waals surface area contributed by atoms with Gasteiger partial charge in [-0.15, -0.1) is 0 Å². The van der Waals surface area contributed by atoms with Crippen LogP contribution in [0.15, 0.2) is 30.6 Å². The Balaban J connectivity index is 2.07. The van der Waals surface area contributed by atoms with E-state index in [0.29, 0.717) is 6.42 Å². The summed E-state index contributed by atoms with van der Waals surface area (Å²) in [7, 11) is 4.06. The summed E-state index contributed by atoms with van der Waals surface area (Å²) >= 11 is 0. The van der Waals surface area contributed by atoms with E-state index in [0.717, 1.165) is 24.4 Å². The van der Waals surface area contributed by atoms with Crippen molar-refractivity contribution in [2.24, 2.45) is 5.73 Å². The third-order valence-corrected chi connectivity index (χ3v) is 3.37. The Labute approximate surface area is 120 Å². The van der Waals surface area contributed by atoms with E-state index in [9.17, 15) is 0 Å². The van der Waals surface area contributed by atoms with Gasteiger partial charge in [0, 0.05) is 38.8 Å². The largest absolute Gasteiger partial charge is 0.378 e.